The second-order valence-corrected chi connectivity index (χ2v) is 6.28. The number of nitro groups is 1. The second-order valence-electron chi connectivity index (χ2n) is 5.84. The van der Waals surface area contributed by atoms with E-state index < -0.39 is 23.1 Å². The molecular weight excluding hydrogens is 390 g/mol. The van der Waals surface area contributed by atoms with Gasteiger partial charge in [0.1, 0.15) is 23.7 Å². The van der Waals surface area contributed by atoms with Gasteiger partial charge < -0.3 is 19.3 Å². The van der Waals surface area contributed by atoms with Crippen molar-refractivity contribution in [1.29, 1.82) is 0 Å². The summed E-state index contributed by atoms with van der Waals surface area (Å²) in [5.74, 6) is 0.353. The summed E-state index contributed by atoms with van der Waals surface area (Å²) in [6.45, 7) is 3.56. The molecule has 0 amide bonds. The van der Waals surface area contributed by atoms with Gasteiger partial charge in [-0.1, -0.05) is 11.6 Å². The van der Waals surface area contributed by atoms with E-state index in [2.05, 4.69) is 0 Å². The number of nitrogens with zero attached hydrogens (tertiary/aromatic N) is 1. The third-order valence-corrected chi connectivity index (χ3v) is 3.95. The normalized spacial score (nSPS) is 12.7. The minimum atomic E-state index is -1.02. The number of aliphatic hydroxyl groups excluding tert-OH is 1. The zero-order valence-electron chi connectivity index (χ0n) is 15.3. The van der Waals surface area contributed by atoms with Crippen LogP contribution in [-0.2, 0) is 9.53 Å². The number of ether oxygens (including phenoxy) is 3. The number of halogens is 1. The highest BCUT2D eigenvalue weighted by atomic mass is 35.5. The van der Waals surface area contributed by atoms with E-state index in [0.717, 1.165) is 0 Å². The van der Waals surface area contributed by atoms with Crippen molar-refractivity contribution >= 4 is 23.3 Å². The summed E-state index contributed by atoms with van der Waals surface area (Å²) in [5, 5.41) is 21.4. The molecule has 0 bridgehead atoms. The number of nitro benzene ring substituents is 1. The van der Waals surface area contributed by atoms with Crippen LogP contribution in [0.15, 0.2) is 42.5 Å². The molecule has 0 aliphatic rings. The molecule has 28 heavy (non-hydrogen) atoms. The van der Waals surface area contributed by atoms with Crippen molar-refractivity contribution in [2.75, 3.05) is 6.61 Å². The number of hydrogen-bond acceptors (Lipinski definition) is 7. The topological polar surface area (TPSA) is 108 Å². The third kappa shape index (κ3) is 6.11. The molecule has 0 radical (unpaired) electrons. The Morgan fingerprint density at radius 1 is 1.21 bits per heavy atom. The van der Waals surface area contributed by atoms with Gasteiger partial charge in [0.15, 0.2) is 0 Å². The molecule has 0 saturated carbocycles. The van der Waals surface area contributed by atoms with Crippen molar-refractivity contribution in [3.63, 3.8) is 0 Å². The summed E-state index contributed by atoms with van der Waals surface area (Å²) in [7, 11) is 0. The smallest absolute Gasteiger partial charge is 0.313 e. The number of esters is 1. The Labute approximate surface area is 166 Å². The average molecular weight is 410 g/mol. The quantitative estimate of drug-likeness (QED) is 0.377. The molecule has 2 aromatic rings. The third-order valence-electron chi connectivity index (χ3n) is 3.71. The molecule has 0 heterocycles. The summed E-state index contributed by atoms with van der Waals surface area (Å²) in [5.41, 5.74) is -0.247. The average Bonchev–Trinajstić information content (AvgIpc) is 2.64. The van der Waals surface area contributed by atoms with E-state index in [4.69, 9.17) is 25.8 Å². The highest BCUT2D eigenvalue weighted by molar-refractivity contribution is 6.30. The molecule has 2 aromatic carbocycles. The fourth-order valence-corrected chi connectivity index (χ4v) is 2.45. The first kappa shape index (κ1) is 21.5. The molecule has 2 atom stereocenters. The van der Waals surface area contributed by atoms with E-state index in [1.54, 1.807) is 38.1 Å². The Hall–Kier alpha value is -2.84. The molecule has 0 aliphatic carbocycles. The molecule has 0 fully saturated rings. The van der Waals surface area contributed by atoms with Crippen LogP contribution in [-0.4, -0.2) is 34.8 Å². The van der Waals surface area contributed by atoms with Gasteiger partial charge in [-0.3, -0.25) is 14.9 Å². The zero-order valence-corrected chi connectivity index (χ0v) is 16.1. The first-order valence-electron chi connectivity index (χ1n) is 8.52. The SMILES string of the molecule is CCOC(=O)CC(O)C(C)Oc1ccc(Oc2ccc(Cl)cc2[N+](=O)[O-])cc1. The maximum absolute atomic E-state index is 11.4. The van der Waals surface area contributed by atoms with E-state index in [1.165, 1.54) is 18.2 Å². The first-order chi connectivity index (χ1) is 13.3. The molecular formula is C19H20ClNO7. The first-order valence-corrected chi connectivity index (χ1v) is 8.90. The fraction of sp³-hybridized carbons (Fsp3) is 0.316. The second kappa shape index (κ2) is 9.91. The molecule has 150 valence electrons. The number of carbonyl (C=O) groups excluding carboxylic acids is 1. The summed E-state index contributed by atoms with van der Waals surface area (Å²) >= 11 is 5.78. The number of carbonyl (C=O) groups is 1. The predicted molar refractivity (Wildman–Crippen MR) is 102 cm³/mol. The van der Waals surface area contributed by atoms with Crippen LogP contribution in [0.2, 0.25) is 5.02 Å². The number of aliphatic hydroxyl groups is 1. The molecule has 1 N–H and O–H groups in total. The lowest BCUT2D eigenvalue weighted by Gasteiger charge is -2.20. The molecule has 0 aliphatic heterocycles. The molecule has 9 heteroatoms. The summed E-state index contributed by atoms with van der Waals surface area (Å²) in [6.07, 6.45) is -1.84. The monoisotopic (exact) mass is 409 g/mol. The Morgan fingerprint density at radius 3 is 2.46 bits per heavy atom. The Kier molecular flexibility index (Phi) is 7.60. The van der Waals surface area contributed by atoms with Gasteiger partial charge in [-0.05, 0) is 50.2 Å². The molecule has 2 unspecified atom stereocenters. The summed E-state index contributed by atoms with van der Waals surface area (Å²) in [4.78, 5) is 21.9. The van der Waals surface area contributed by atoms with Gasteiger partial charge >= 0.3 is 11.7 Å². The summed E-state index contributed by atoms with van der Waals surface area (Å²) in [6, 6.07) is 10.4. The van der Waals surface area contributed by atoms with Crippen LogP contribution in [0, 0.1) is 10.1 Å². The highest BCUT2D eigenvalue weighted by Crippen LogP contribution is 2.34. The maximum atomic E-state index is 11.4. The van der Waals surface area contributed by atoms with Crippen LogP contribution in [0.1, 0.15) is 20.3 Å². The number of hydrogen-bond donors (Lipinski definition) is 1. The molecule has 2 rings (SSSR count). The fourth-order valence-electron chi connectivity index (χ4n) is 2.28. The lowest BCUT2D eigenvalue weighted by molar-refractivity contribution is -0.385. The Morgan fingerprint density at radius 2 is 1.86 bits per heavy atom. The van der Waals surface area contributed by atoms with E-state index in [9.17, 15) is 20.0 Å². The van der Waals surface area contributed by atoms with Gasteiger partial charge in [0, 0.05) is 11.1 Å². The number of rotatable bonds is 9. The highest BCUT2D eigenvalue weighted by Gasteiger charge is 2.21. The maximum Gasteiger partial charge on any atom is 0.313 e. The zero-order chi connectivity index (χ0) is 20.7. The Balaban J connectivity index is 2.00. The van der Waals surface area contributed by atoms with Crippen molar-refractivity contribution in [1.82, 2.24) is 0 Å². The predicted octanol–water partition coefficient (Wildman–Crippen LogP) is 4.12. The molecule has 8 nitrogen and oxygen atoms in total. The van der Waals surface area contributed by atoms with Gasteiger partial charge in [-0.15, -0.1) is 0 Å². The summed E-state index contributed by atoms with van der Waals surface area (Å²) < 4.78 is 15.9. The van der Waals surface area contributed by atoms with Gasteiger partial charge in [-0.25, -0.2) is 0 Å². The van der Waals surface area contributed by atoms with Crippen molar-refractivity contribution in [3.8, 4) is 17.2 Å². The van der Waals surface area contributed by atoms with E-state index in [1.807, 2.05) is 0 Å². The van der Waals surface area contributed by atoms with E-state index in [0.29, 0.717) is 11.5 Å². The Bertz CT molecular complexity index is 826. The van der Waals surface area contributed by atoms with Crippen molar-refractivity contribution in [2.45, 2.75) is 32.5 Å². The molecule has 0 aromatic heterocycles. The number of benzene rings is 2. The molecule has 0 saturated heterocycles. The van der Waals surface area contributed by atoms with E-state index >= 15 is 0 Å². The van der Waals surface area contributed by atoms with Crippen molar-refractivity contribution in [2.24, 2.45) is 0 Å². The van der Waals surface area contributed by atoms with Crippen LogP contribution in [0.5, 0.6) is 17.2 Å². The van der Waals surface area contributed by atoms with E-state index in [-0.39, 0.29) is 29.5 Å². The van der Waals surface area contributed by atoms with Gasteiger partial charge in [0.05, 0.1) is 18.0 Å². The lowest BCUT2D eigenvalue weighted by Crippen LogP contribution is -2.31. The van der Waals surface area contributed by atoms with Crippen molar-refractivity contribution < 1.29 is 29.0 Å². The lowest BCUT2D eigenvalue weighted by atomic mass is 10.1. The van der Waals surface area contributed by atoms with Gasteiger partial charge in [0.2, 0.25) is 5.75 Å². The minimum Gasteiger partial charge on any atom is -0.488 e. The molecule has 0 spiro atoms. The largest absolute Gasteiger partial charge is 0.488 e. The minimum absolute atomic E-state index is 0.0568. The van der Waals surface area contributed by atoms with Crippen LogP contribution in [0.3, 0.4) is 0 Å². The van der Waals surface area contributed by atoms with Crippen LogP contribution >= 0.6 is 11.6 Å². The van der Waals surface area contributed by atoms with Gasteiger partial charge in [0.25, 0.3) is 0 Å². The van der Waals surface area contributed by atoms with Crippen LogP contribution < -0.4 is 9.47 Å². The van der Waals surface area contributed by atoms with Crippen molar-refractivity contribution in [3.05, 3.63) is 57.6 Å². The van der Waals surface area contributed by atoms with Gasteiger partial charge in [-0.2, -0.15) is 0 Å². The standard InChI is InChI=1S/C19H20ClNO7/c1-3-26-19(23)11-17(22)12(2)27-14-5-7-15(8-6-14)28-18-9-4-13(20)10-16(18)21(24)25/h4-10,12,17,22H,3,11H2,1-2H3. The van der Waals surface area contributed by atoms with Crippen LogP contribution in [0.4, 0.5) is 5.69 Å². The van der Waals surface area contributed by atoms with Crippen LogP contribution in [0.25, 0.3) is 0 Å².